The molecular formula is C25H25ClF2N2. The maximum atomic E-state index is 14.9. The van der Waals surface area contributed by atoms with E-state index >= 15 is 0 Å². The number of halogens is 3. The van der Waals surface area contributed by atoms with Crippen LogP contribution in [0.15, 0.2) is 66.7 Å². The normalized spacial score (nSPS) is 17.9. The molecule has 0 saturated carbocycles. The van der Waals surface area contributed by atoms with E-state index in [0.717, 1.165) is 31.6 Å². The zero-order valence-electron chi connectivity index (χ0n) is 17.0. The highest BCUT2D eigenvalue weighted by Crippen LogP contribution is 2.34. The van der Waals surface area contributed by atoms with Crippen molar-refractivity contribution in [3.63, 3.8) is 0 Å². The van der Waals surface area contributed by atoms with E-state index in [9.17, 15) is 8.78 Å². The van der Waals surface area contributed by atoms with Crippen LogP contribution in [0.5, 0.6) is 0 Å². The summed E-state index contributed by atoms with van der Waals surface area (Å²) in [5.74, 6) is -0.566. The SMILES string of the molecule is Cc1ccccc1CN1CCCN(Cc2ccc(F)cc2Cl)[C@H]1c1ccccc1F. The van der Waals surface area contributed by atoms with E-state index in [1.54, 1.807) is 12.1 Å². The molecule has 0 radical (unpaired) electrons. The van der Waals surface area contributed by atoms with Crippen molar-refractivity contribution in [2.45, 2.75) is 32.6 Å². The molecule has 0 unspecified atom stereocenters. The summed E-state index contributed by atoms with van der Waals surface area (Å²) in [6, 6.07) is 19.8. The Labute approximate surface area is 181 Å². The summed E-state index contributed by atoms with van der Waals surface area (Å²) < 4.78 is 28.4. The molecule has 0 bridgehead atoms. The molecule has 3 aromatic rings. The van der Waals surface area contributed by atoms with Crippen molar-refractivity contribution in [1.82, 2.24) is 9.80 Å². The topological polar surface area (TPSA) is 6.48 Å². The van der Waals surface area contributed by atoms with Gasteiger partial charge in [0, 0.05) is 36.8 Å². The van der Waals surface area contributed by atoms with Crippen molar-refractivity contribution in [2.24, 2.45) is 0 Å². The molecule has 30 heavy (non-hydrogen) atoms. The maximum absolute atomic E-state index is 14.9. The van der Waals surface area contributed by atoms with E-state index in [1.807, 2.05) is 24.3 Å². The van der Waals surface area contributed by atoms with Gasteiger partial charge >= 0.3 is 0 Å². The predicted octanol–water partition coefficient (Wildman–Crippen LogP) is 6.33. The molecule has 0 aromatic heterocycles. The fourth-order valence-electron chi connectivity index (χ4n) is 4.24. The Hall–Kier alpha value is -2.27. The summed E-state index contributed by atoms with van der Waals surface area (Å²) in [4.78, 5) is 4.56. The lowest BCUT2D eigenvalue weighted by Crippen LogP contribution is -2.47. The minimum Gasteiger partial charge on any atom is -0.280 e. The predicted molar refractivity (Wildman–Crippen MR) is 117 cm³/mol. The van der Waals surface area contributed by atoms with E-state index in [-0.39, 0.29) is 17.8 Å². The molecule has 0 aliphatic carbocycles. The van der Waals surface area contributed by atoms with Crippen molar-refractivity contribution >= 4 is 11.6 Å². The first-order valence-corrected chi connectivity index (χ1v) is 10.6. The maximum Gasteiger partial charge on any atom is 0.129 e. The summed E-state index contributed by atoms with van der Waals surface area (Å²) in [5.41, 5.74) is 3.96. The van der Waals surface area contributed by atoms with E-state index in [4.69, 9.17) is 11.6 Å². The zero-order valence-corrected chi connectivity index (χ0v) is 17.7. The number of rotatable bonds is 5. The first-order valence-electron chi connectivity index (χ1n) is 10.2. The molecule has 0 spiro atoms. The molecule has 3 aromatic carbocycles. The molecule has 1 aliphatic heterocycles. The lowest BCUT2D eigenvalue weighted by molar-refractivity contribution is -0.0112. The molecule has 1 atom stereocenters. The average Bonchev–Trinajstić information content (AvgIpc) is 2.73. The number of aryl methyl sites for hydroxylation is 1. The van der Waals surface area contributed by atoms with Crippen LogP contribution in [0.3, 0.4) is 0 Å². The van der Waals surface area contributed by atoms with Gasteiger partial charge in [-0.25, -0.2) is 8.78 Å². The molecule has 156 valence electrons. The van der Waals surface area contributed by atoms with Crippen molar-refractivity contribution < 1.29 is 8.78 Å². The summed E-state index contributed by atoms with van der Waals surface area (Å²) in [5, 5.41) is 0.401. The third-order valence-electron chi connectivity index (χ3n) is 5.79. The van der Waals surface area contributed by atoms with Crippen LogP contribution in [0, 0.1) is 18.6 Å². The Bertz CT molecular complexity index is 1020. The molecule has 0 N–H and O–H groups in total. The Morgan fingerprint density at radius 1 is 0.867 bits per heavy atom. The molecule has 1 aliphatic rings. The van der Waals surface area contributed by atoms with Gasteiger partial charge in [-0.2, -0.15) is 0 Å². The average molecular weight is 427 g/mol. The minimum atomic E-state index is -0.353. The second kappa shape index (κ2) is 9.25. The van der Waals surface area contributed by atoms with Gasteiger partial charge in [0.2, 0.25) is 0 Å². The molecular weight excluding hydrogens is 402 g/mol. The Morgan fingerprint density at radius 3 is 2.23 bits per heavy atom. The van der Waals surface area contributed by atoms with Gasteiger partial charge in [-0.05, 0) is 48.2 Å². The summed E-state index contributed by atoms with van der Waals surface area (Å²) in [6.07, 6.45) is 0.746. The molecule has 1 heterocycles. The van der Waals surface area contributed by atoms with Crippen LogP contribution >= 0.6 is 11.6 Å². The highest BCUT2D eigenvalue weighted by atomic mass is 35.5. The molecule has 5 heteroatoms. The molecule has 4 rings (SSSR count). The summed E-state index contributed by atoms with van der Waals surface area (Å²) in [7, 11) is 0. The third-order valence-corrected chi connectivity index (χ3v) is 6.14. The van der Waals surface area contributed by atoms with Crippen molar-refractivity contribution in [1.29, 1.82) is 0 Å². The van der Waals surface area contributed by atoms with Gasteiger partial charge in [-0.3, -0.25) is 9.80 Å². The highest BCUT2D eigenvalue weighted by Gasteiger charge is 2.32. The lowest BCUT2D eigenvalue weighted by Gasteiger charge is -2.44. The molecule has 2 nitrogen and oxygen atoms in total. The quantitative estimate of drug-likeness (QED) is 0.470. The Morgan fingerprint density at radius 2 is 1.53 bits per heavy atom. The number of hydrogen-bond acceptors (Lipinski definition) is 2. The minimum absolute atomic E-state index is 0.214. The Balaban J connectivity index is 1.69. The fourth-order valence-corrected chi connectivity index (χ4v) is 4.46. The van der Waals surface area contributed by atoms with Gasteiger partial charge in [0.05, 0.1) is 6.17 Å². The van der Waals surface area contributed by atoms with Crippen molar-refractivity contribution in [2.75, 3.05) is 13.1 Å². The van der Waals surface area contributed by atoms with Crippen LogP contribution in [-0.4, -0.2) is 22.9 Å². The van der Waals surface area contributed by atoms with E-state index in [2.05, 4.69) is 28.9 Å². The van der Waals surface area contributed by atoms with E-state index in [0.29, 0.717) is 17.1 Å². The molecule has 1 saturated heterocycles. The van der Waals surface area contributed by atoms with Gasteiger partial charge in [0.1, 0.15) is 11.6 Å². The number of hydrogen-bond donors (Lipinski definition) is 0. The van der Waals surface area contributed by atoms with Gasteiger partial charge in [-0.15, -0.1) is 0 Å². The van der Waals surface area contributed by atoms with Gasteiger partial charge in [0.15, 0.2) is 0 Å². The van der Waals surface area contributed by atoms with Crippen LogP contribution in [0.2, 0.25) is 5.02 Å². The monoisotopic (exact) mass is 426 g/mol. The number of nitrogens with zero attached hydrogens (tertiary/aromatic N) is 2. The van der Waals surface area contributed by atoms with Gasteiger partial charge < -0.3 is 0 Å². The number of benzene rings is 3. The third kappa shape index (κ3) is 4.56. The van der Waals surface area contributed by atoms with Crippen molar-refractivity contribution in [3.8, 4) is 0 Å². The largest absolute Gasteiger partial charge is 0.280 e. The van der Waals surface area contributed by atoms with Crippen LogP contribution < -0.4 is 0 Å². The van der Waals surface area contributed by atoms with Gasteiger partial charge in [-0.1, -0.05) is 60.1 Å². The standard InChI is InChI=1S/C25H25ClF2N2/c1-18-7-2-3-8-19(18)16-29-13-6-14-30(17-20-11-12-21(27)15-23(20)26)25(29)22-9-4-5-10-24(22)28/h2-5,7-12,15,25H,6,13-14,16-17H2,1H3/t25-/m0/s1. The van der Waals surface area contributed by atoms with Crippen LogP contribution in [0.1, 0.15) is 34.8 Å². The van der Waals surface area contributed by atoms with E-state index in [1.165, 1.54) is 29.3 Å². The summed E-state index contributed by atoms with van der Waals surface area (Å²) in [6.45, 7) is 5.06. The Kier molecular flexibility index (Phi) is 6.47. The smallest absolute Gasteiger partial charge is 0.129 e. The first-order chi connectivity index (χ1) is 14.5. The zero-order chi connectivity index (χ0) is 21.1. The first kappa shape index (κ1) is 21.0. The van der Waals surface area contributed by atoms with Gasteiger partial charge in [0.25, 0.3) is 0 Å². The van der Waals surface area contributed by atoms with E-state index < -0.39 is 0 Å². The van der Waals surface area contributed by atoms with Crippen LogP contribution in [0.25, 0.3) is 0 Å². The summed E-state index contributed by atoms with van der Waals surface area (Å²) >= 11 is 6.31. The second-order valence-electron chi connectivity index (χ2n) is 7.85. The van der Waals surface area contributed by atoms with Crippen molar-refractivity contribution in [3.05, 3.63) is 106 Å². The molecule has 0 amide bonds. The lowest BCUT2D eigenvalue weighted by atomic mass is 10.0. The fraction of sp³-hybridized carbons (Fsp3) is 0.280. The second-order valence-corrected chi connectivity index (χ2v) is 8.26. The molecule has 1 fully saturated rings. The van der Waals surface area contributed by atoms with Crippen LogP contribution in [-0.2, 0) is 13.1 Å². The van der Waals surface area contributed by atoms with Crippen LogP contribution in [0.4, 0.5) is 8.78 Å². The highest BCUT2D eigenvalue weighted by molar-refractivity contribution is 6.31.